The smallest absolute Gasteiger partial charge is 0.392 e. The molecule has 0 saturated carbocycles. The molecule has 1 aliphatic rings. The Morgan fingerprint density at radius 2 is 1.66 bits per heavy atom. The van der Waals surface area contributed by atoms with Gasteiger partial charge in [-0.3, -0.25) is 14.4 Å². The lowest BCUT2D eigenvalue weighted by Crippen LogP contribution is -2.51. The van der Waals surface area contributed by atoms with Crippen molar-refractivity contribution >= 4 is 34.7 Å². The fourth-order valence-electron chi connectivity index (χ4n) is 4.74. The molecule has 1 aromatic carbocycles. The number of carboxylic acid groups (broad SMARTS) is 1. The zero-order valence-electron chi connectivity index (χ0n) is 24.9. The van der Waals surface area contributed by atoms with Crippen LogP contribution in [0.1, 0.15) is 72.6 Å². The second-order valence-electron chi connectivity index (χ2n) is 11.9. The van der Waals surface area contributed by atoms with Gasteiger partial charge in [0, 0.05) is 34.8 Å². The number of nitrogens with zero attached hydrogens (tertiary/aromatic N) is 2. The summed E-state index contributed by atoms with van der Waals surface area (Å²) in [4.78, 5) is 47.7. The second kappa shape index (κ2) is 13.3. The van der Waals surface area contributed by atoms with E-state index in [0.29, 0.717) is 33.8 Å². The lowest BCUT2D eigenvalue weighted by molar-refractivity contribution is -0.175. The first-order valence-corrected chi connectivity index (χ1v) is 15.1. The van der Waals surface area contributed by atoms with Crippen molar-refractivity contribution in [1.82, 2.24) is 20.6 Å². The van der Waals surface area contributed by atoms with E-state index < -0.39 is 42.0 Å². The topological polar surface area (TPSA) is 121 Å². The van der Waals surface area contributed by atoms with Crippen LogP contribution in [-0.4, -0.2) is 51.1 Å². The number of carboxylic acids is 1. The minimum absolute atomic E-state index is 0.0402. The van der Waals surface area contributed by atoms with Crippen LogP contribution < -0.4 is 10.6 Å². The van der Waals surface area contributed by atoms with Crippen LogP contribution in [0.3, 0.4) is 0 Å². The Kier molecular flexibility index (Phi) is 9.92. The van der Waals surface area contributed by atoms with E-state index in [0.717, 1.165) is 10.5 Å². The van der Waals surface area contributed by atoms with Crippen LogP contribution in [-0.2, 0) is 21.4 Å². The fourth-order valence-corrected chi connectivity index (χ4v) is 5.71. The number of hydrogen-bond donors (Lipinski definition) is 3. The van der Waals surface area contributed by atoms with Crippen LogP contribution in [0, 0.1) is 5.92 Å². The van der Waals surface area contributed by atoms with Gasteiger partial charge in [0.15, 0.2) is 5.82 Å². The molecule has 0 radical (unpaired) electrons. The molecule has 8 nitrogen and oxygen atoms in total. The Balaban J connectivity index is 1.46. The van der Waals surface area contributed by atoms with Crippen molar-refractivity contribution in [1.29, 1.82) is 0 Å². The van der Waals surface area contributed by atoms with E-state index in [4.69, 9.17) is 0 Å². The molecule has 0 bridgehead atoms. The van der Waals surface area contributed by atoms with Gasteiger partial charge in [-0.1, -0.05) is 51.1 Å². The Hall–Kier alpha value is -4.06. The van der Waals surface area contributed by atoms with Crippen LogP contribution >= 0.6 is 11.3 Å². The van der Waals surface area contributed by atoms with Gasteiger partial charge in [0.2, 0.25) is 5.91 Å². The van der Waals surface area contributed by atoms with Gasteiger partial charge in [0.05, 0.1) is 10.8 Å². The molecule has 3 atom stereocenters. The van der Waals surface area contributed by atoms with Gasteiger partial charge < -0.3 is 15.7 Å². The maximum Gasteiger partial charge on any atom is 0.392 e. The summed E-state index contributed by atoms with van der Waals surface area (Å²) in [7, 11) is 0. The number of alkyl halides is 3. The number of rotatable bonds is 9. The quantitative estimate of drug-likeness (QED) is 0.260. The molecule has 3 aromatic rings. The van der Waals surface area contributed by atoms with Gasteiger partial charge >= 0.3 is 12.1 Å². The zero-order chi connectivity index (χ0) is 32.2. The summed E-state index contributed by atoms with van der Waals surface area (Å²) in [6, 6.07) is 8.48. The highest BCUT2D eigenvalue weighted by molar-refractivity contribution is 7.14. The molecular formula is C32H35F3N4O4S. The lowest BCUT2D eigenvalue weighted by Gasteiger charge is -2.24. The molecule has 2 heterocycles. The summed E-state index contributed by atoms with van der Waals surface area (Å²) in [5, 5.41) is 14.4. The second-order valence-corrected chi connectivity index (χ2v) is 13.0. The number of aromatic nitrogens is 2. The summed E-state index contributed by atoms with van der Waals surface area (Å²) in [5.74, 6) is -3.14. The van der Waals surface area contributed by atoms with E-state index in [1.165, 1.54) is 18.3 Å². The molecule has 0 saturated heterocycles. The molecule has 0 spiro atoms. The van der Waals surface area contributed by atoms with Gasteiger partial charge in [-0.05, 0) is 54.9 Å². The van der Waals surface area contributed by atoms with Crippen LogP contribution in [0.25, 0.3) is 17.0 Å². The summed E-state index contributed by atoms with van der Waals surface area (Å²) in [6.07, 6.45) is 1.02. The molecule has 1 unspecified atom stereocenters. The van der Waals surface area contributed by atoms with Crippen LogP contribution in [0.4, 0.5) is 13.2 Å². The average Bonchev–Trinajstić information content (AvgIpc) is 3.48. The normalized spacial score (nSPS) is 16.9. The number of hydrogen-bond acceptors (Lipinski definition) is 6. The standard InChI is InChI=1S/C32H35F3N4O4S/c1-18(30(42)43)38-28(40)24(39-29(41)25-13-14-26(44-25)31(2,3)4)15-19-5-7-21(8-6-19)27-36-16-22(17-37-27)20-9-11-23(12-10-20)32(33,34)35/h5-9,13-14,16-18,23-24H,10-12,15H2,1-4H3,(H,38,40)(H,39,41)(H,42,43)/t18-,23?,24+/m1/s1. The number of allylic oxidation sites excluding steroid dienone is 2. The van der Waals surface area contributed by atoms with Crippen molar-refractivity contribution in [2.45, 2.75) is 77.1 Å². The summed E-state index contributed by atoms with van der Waals surface area (Å²) >= 11 is 1.34. The Morgan fingerprint density at radius 1 is 1.00 bits per heavy atom. The van der Waals surface area contributed by atoms with E-state index in [1.54, 1.807) is 48.8 Å². The SMILES string of the molecule is C[C@@H](NC(=O)[C@H](Cc1ccc(-c2ncc(C3=CCC(C(F)(F)F)CC3)cn2)cc1)NC(=O)c1ccc(C(C)(C)C)s1)C(=O)O. The minimum Gasteiger partial charge on any atom is -0.480 e. The van der Waals surface area contributed by atoms with Crippen LogP contribution in [0.5, 0.6) is 0 Å². The molecule has 2 amide bonds. The Bertz CT molecular complexity index is 1530. The maximum absolute atomic E-state index is 13.1. The molecule has 0 aliphatic heterocycles. The molecule has 0 fully saturated rings. The first-order valence-electron chi connectivity index (χ1n) is 14.2. The monoisotopic (exact) mass is 628 g/mol. The number of halogens is 3. The van der Waals surface area contributed by atoms with Crippen LogP contribution in [0.15, 0.2) is 54.9 Å². The Labute approximate surface area is 257 Å². The first-order chi connectivity index (χ1) is 20.6. The van der Waals surface area contributed by atoms with Gasteiger partial charge in [0.1, 0.15) is 12.1 Å². The van der Waals surface area contributed by atoms with E-state index in [9.17, 15) is 32.7 Å². The van der Waals surface area contributed by atoms with Crippen molar-refractivity contribution in [3.63, 3.8) is 0 Å². The summed E-state index contributed by atoms with van der Waals surface area (Å²) in [5.41, 5.74) is 2.74. The van der Waals surface area contributed by atoms with E-state index in [1.807, 2.05) is 26.8 Å². The number of carbonyl (C=O) groups is 3. The third-order valence-electron chi connectivity index (χ3n) is 7.47. The number of benzene rings is 1. The van der Waals surface area contributed by atoms with E-state index in [2.05, 4.69) is 20.6 Å². The number of nitrogens with one attached hydrogen (secondary N) is 2. The van der Waals surface area contributed by atoms with E-state index in [-0.39, 0.29) is 24.7 Å². The number of thiophene rings is 1. The van der Waals surface area contributed by atoms with E-state index >= 15 is 0 Å². The largest absolute Gasteiger partial charge is 0.480 e. The predicted molar refractivity (Wildman–Crippen MR) is 162 cm³/mol. The number of amides is 2. The van der Waals surface area contributed by atoms with Gasteiger partial charge in [-0.15, -0.1) is 11.3 Å². The predicted octanol–water partition coefficient (Wildman–Crippen LogP) is 6.18. The van der Waals surface area contributed by atoms with Crippen molar-refractivity contribution in [3.8, 4) is 11.4 Å². The minimum atomic E-state index is -4.19. The maximum atomic E-state index is 13.1. The highest BCUT2D eigenvalue weighted by Crippen LogP contribution is 2.39. The highest BCUT2D eigenvalue weighted by atomic mass is 32.1. The zero-order valence-corrected chi connectivity index (χ0v) is 25.7. The summed E-state index contributed by atoms with van der Waals surface area (Å²) < 4.78 is 38.9. The third kappa shape index (κ3) is 8.31. The summed E-state index contributed by atoms with van der Waals surface area (Å²) in [6.45, 7) is 7.46. The lowest BCUT2D eigenvalue weighted by atomic mass is 9.87. The highest BCUT2D eigenvalue weighted by Gasteiger charge is 2.39. The molecule has 2 aromatic heterocycles. The molecule has 3 N–H and O–H groups in total. The molecule has 12 heteroatoms. The molecular weight excluding hydrogens is 593 g/mol. The molecule has 234 valence electrons. The number of aliphatic carboxylic acids is 1. The van der Waals surface area contributed by atoms with Crippen LogP contribution in [0.2, 0.25) is 0 Å². The van der Waals surface area contributed by atoms with Crippen molar-refractivity contribution in [3.05, 3.63) is 75.7 Å². The first kappa shape index (κ1) is 32.8. The molecule has 1 aliphatic carbocycles. The van der Waals surface area contributed by atoms with Crippen molar-refractivity contribution < 1.29 is 32.7 Å². The van der Waals surface area contributed by atoms with Gasteiger partial charge in [-0.25, -0.2) is 9.97 Å². The molecule has 44 heavy (non-hydrogen) atoms. The van der Waals surface area contributed by atoms with Gasteiger partial charge in [-0.2, -0.15) is 13.2 Å². The van der Waals surface area contributed by atoms with Crippen molar-refractivity contribution in [2.24, 2.45) is 5.92 Å². The molecule has 4 rings (SSSR count). The average molecular weight is 629 g/mol. The third-order valence-corrected chi connectivity index (χ3v) is 8.98. The van der Waals surface area contributed by atoms with Crippen molar-refractivity contribution in [2.75, 3.05) is 0 Å². The van der Waals surface area contributed by atoms with Gasteiger partial charge in [0.25, 0.3) is 5.91 Å². The number of carbonyl (C=O) groups excluding carboxylic acids is 2. The Morgan fingerprint density at radius 3 is 2.18 bits per heavy atom. The fraction of sp³-hybridized carbons (Fsp3) is 0.406.